The van der Waals surface area contributed by atoms with Crippen molar-refractivity contribution in [2.45, 2.75) is 65.6 Å². The molecular formula is C13H28N2O2. The zero-order valence-electron chi connectivity index (χ0n) is 11.9. The lowest BCUT2D eigenvalue weighted by Crippen LogP contribution is -2.46. The van der Waals surface area contributed by atoms with E-state index in [4.69, 9.17) is 4.74 Å². The molecular weight excluding hydrogens is 216 g/mol. The molecule has 0 aromatic heterocycles. The largest absolute Gasteiger partial charge is 0.377 e. The highest BCUT2D eigenvalue weighted by molar-refractivity contribution is 5.81. The van der Waals surface area contributed by atoms with Crippen LogP contribution >= 0.6 is 0 Å². The van der Waals surface area contributed by atoms with E-state index in [9.17, 15) is 4.79 Å². The van der Waals surface area contributed by atoms with Crippen LogP contribution in [0.1, 0.15) is 47.5 Å². The first-order valence-corrected chi connectivity index (χ1v) is 6.66. The van der Waals surface area contributed by atoms with Gasteiger partial charge in [-0.15, -0.1) is 0 Å². The van der Waals surface area contributed by atoms with E-state index in [1.54, 1.807) is 0 Å². The molecule has 1 unspecified atom stereocenters. The van der Waals surface area contributed by atoms with Gasteiger partial charge in [0.25, 0.3) is 0 Å². The summed E-state index contributed by atoms with van der Waals surface area (Å²) in [6.07, 6.45) is 2.20. The molecule has 1 atom stereocenters. The lowest BCUT2D eigenvalue weighted by molar-refractivity contribution is -0.123. The molecule has 0 aliphatic rings. The smallest absolute Gasteiger partial charge is 0.237 e. The molecule has 0 saturated carbocycles. The van der Waals surface area contributed by atoms with Crippen molar-refractivity contribution >= 4 is 5.91 Å². The summed E-state index contributed by atoms with van der Waals surface area (Å²) >= 11 is 0. The number of hydrogen-bond acceptors (Lipinski definition) is 3. The van der Waals surface area contributed by atoms with Crippen molar-refractivity contribution in [3.8, 4) is 0 Å². The van der Waals surface area contributed by atoms with Crippen LogP contribution in [-0.2, 0) is 9.53 Å². The molecule has 4 heteroatoms. The predicted molar refractivity (Wildman–Crippen MR) is 71.1 cm³/mol. The van der Waals surface area contributed by atoms with Crippen LogP contribution in [0.4, 0.5) is 0 Å². The Morgan fingerprint density at radius 2 is 1.76 bits per heavy atom. The maximum absolute atomic E-state index is 11.8. The van der Waals surface area contributed by atoms with E-state index >= 15 is 0 Å². The van der Waals surface area contributed by atoms with E-state index in [0.717, 1.165) is 12.8 Å². The minimum absolute atomic E-state index is 0.0725. The van der Waals surface area contributed by atoms with Crippen molar-refractivity contribution in [2.24, 2.45) is 0 Å². The maximum atomic E-state index is 11.8. The van der Waals surface area contributed by atoms with Gasteiger partial charge in [-0.25, -0.2) is 0 Å². The van der Waals surface area contributed by atoms with Crippen LogP contribution < -0.4 is 10.6 Å². The zero-order chi connectivity index (χ0) is 13.3. The Bertz CT molecular complexity index is 204. The van der Waals surface area contributed by atoms with Crippen LogP contribution in [0, 0.1) is 0 Å². The molecule has 0 aliphatic carbocycles. The topological polar surface area (TPSA) is 50.4 Å². The molecule has 0 fully saturated rings. The Labute approximate surface area is 105 Å². The van der Waals surface area contributed by atoms with Crippen LogP contribution in [0.5, 0.6) is 0 Å². The van der Waals surface area contributed by atoms with Gasteiger partial charge in [-0.3, -0.25) is 4.79 Å². The van der Waals surface area contributed by atoms with Gasteiger partial charge in [-0.05, 0) is 33.6 Å². The average molecular weight is 244 g/mol. The summed E-state index contributed by atoms with van der Waals surface area (Å²) in [7, 11) is 0. The van der Waals surface area contributed by atoms with Gasteiger partial charge < -0.3 is 15.4 Å². The first kappa shape index (κ1) is 16.4. The lowest BCUT2D eigenvalue weighted by Gasteiger charge is -2.19. The molecule has 0 spiro atoms. The molecule has 102 valence electrons. The van der Waals surface area contributed by atoms with Gasteiger partial charge in [0.15, 0.2) is 0 Å². The molecule has 0 aliphatic heterocycles. The van der Waals surface area contributed by atoms with Crippen LogP contribution in [0.25, 0.3) is 0 Å². The van der Waals surface area contributed by atoms with E-state index in [-0.39, 0.29) is 18.1 Å². The number of ether oxygens (including phenoxy) is 1. The molecule has 0 rings (SSSR count). The highest BCUT2D eigenvalue weighted by atomic mass is 16.5. The number of carbonyl (C=O) groups is 1. The van der Waals surface area contributed by atoms with Gasteiger partial charge in [0.1, 0.15) is 0 Å². The van der Waals surface area contributed by atoms with Gasteiger partial charge >= 0.3 is 0 Å². The molecule has 17 heavy (non-hydrogen) atoms. The molecule has 0 bridgehead atoms. The van der Waals surface area contributed by atoms with Gasteiger partial charge in [-0.1, -0.05) is 13.8 Å². The monoisotopic (exact) mass is 244 g/mol. The number of carbonyl (C=O) groups excluding carboxylic acids is 1. The molecule has 1 amide bonds. The lowest BCUT2D eigenvalue weighted by atomic mass is 10.1. The van der Waals surface area contributed by atoms with Crippen molar-refractivity contribution < 1.29 is 9.53 Å². The minimum atomic E-state index is -0.161. The van der Waals surface area contributed by atoms with E-state index < -0.39 is 0 Å². The summed E-state index contributed by atoms with van der Waals surface area (Å²) in [5, 5.41) is 6.18. The fourth-order valence-electron chi connectivity index (χ4n) is 1.48. The Morgan fingerprint density at radius 1 is 1.18 bits per heavy atom. The molecule has 0 saturated heterocycles. The minimum Gasteiger partial charge on any atom is -0.377 e. The second kappa shape index (κ2) is 9.42. The summed E-state index contributed by atoms with van der Waals surface area (Å²) in [6, 6.07) is 0.130. The van der Waals surface area contributed by atoms with Gasteiger partial charge in [0, 0.05) is 12.6 Å². The standard InChI is InChI=1S/C13H28N2O2/c1-6-12(7-2)15-13(16)11(5)14-8-9-17-10(3)4/h10-12,14H,6-9H2,1-5H3,(H,15,16). The van der Waals surface area contributed by atoms with Gasteiger partial charge in [0.2, 0.25) is 5.91 Å². The Morgan fingerprint density at radius 3 is 2.24 bits per heavy atom. The molecule has 0 aromatic carbocycles. The third-order valence-electron chi connectivity index (χ3n) is 2.73. The van der Waals surface area contributed by atoms with E-state index in [2.05, 4.69) is 24.5 Å². The summed E-state index contributed by atoms with van der Waals surface area (Å²) in [4.78, 5) is 11.8. The third kappa shape index (κ3) is 8.16. The zero-order valence-corrected chi connectivity index (χ0v) is 11.9. The Hall–Kier alpha value is -0.610. The highest BCUT2D eigenvalue weighted by Gasteiger charge is 2.14. The summed E-state index contributed by atoms with van der Waals surface area (Å²) < 4.78 is 5.40. The van der Waals surface area contributed by atoms with Crippen molar-refractivity contribution in [1.29, 1.82) is 0 Å². The SMILES string of the molecule is CCC(CC)NC(=O)C(C)NCCOC(C)C. The van der Waals surface area contributed by atoms with E-state index in [0.29, 0.717) is 19.2 Å². The predicted octanol–water partition coefficient (Wildman–Crippen LogP) is 1.69. The van der Waals surface area contributed by atoms with E-state index in [1.165, 1.54) is 0 Å². The van der Waals surface area contributed by atoms with Crippen molar-refractivity contribution in [2.75, 3.05) is 13.2 Å². The third-order valence-corrected chi connectivity index (χ3v) is 2.73. The summed E-state index contributed by atoms with van der Waals surface area (Å²) in [5.41, 5.74) is 0. The fourth-order valence-corrected chi connectivity index (χ4v) is 1.48. The normalized spacial score (nSPS) is 13.1. The average Bonchev–Trinajstić information content (AvgIpc) is 2.30. The molecule has 0 radical (unpaired) electrons. The van der Waals surface area contributed by atoms with E-state index in [1.807, 2.05) is 20.8 Å². The van der Waals surface area contributed by atoms with Crippen molar-refractivity contribution in [1.82, 2.24) is 10.6 Å². The highest BCUT2D eigenvalue weighted by Crippen LogP contribution is 1.96. The van der Waals surface area contributed by atoms with Gasteiger partial charge in [-0.2, -0.15) is 0 Å². The summed E-state index contributed by atoms with van der Waals surface area (Å²) in [5.74, 6) is 0.0725. The van der Waals surface area contributed by atoms with Crippen molar-refractivity contribution in [3.05, 3.63) is 0 Å². The van der Waals surface area contributed by atoms with Crippen LogP contribution in [-0.4, -0.2) is 37.2 Å². The second-order valence-corrected chi connectivity index (χ2v) is 4.62. The van der Waals surface area contributed by atoms with Gasteiger partial charge in [0.05, 0.1) is 18.8 Å². The molecule has 0 aromatic rings. The fraction of sp³-hybridized carbons (Fsp3) is 0.923. The van der Waals surface area contributed by atoms with Crippen LogP contribution in [0.15, 0.2) is 0 Å². The number of hydrogen-bond donors (Lipinski definition) is 2. The second-order valence-electron chi connectivity index (χ2n) is 4.62. The number of nitrogens with one attached hydrogen (secondary N) is 2. The number of rotatable bonds is 9. The quantitative estimate of drug-likeness (QED) is 0.607. The van der Waals surface area contributed by atoms with Crippen LogP contribution in [0.3, 0.4) is 0 Å². The molecule has 4 nitrogen and oxygen atoms in total. The summed E-state index contributed by atoms with van der Waals surface area (Å²) in [6.45, 7) is 11.4. The number of amides is 1. The molecule has 0 heterocycles. The van der Waals surface area contributed by atoms with Crippen molar-refractivity contribution in [3.63, 3.8) is 0 Å². The first-order chi connectivity index (χ1) is 8.01. The Balaban J connectivity index is 3.74. The first-order valence-electron chi connectivity index (χ1n) is 6.66. The maximum Gasteiger partial charge on any atom is 0.237 e. The Kier molecular flexibility index (Phi) is 9.09. The molecule has 2 N–H and O–H groups in total. The van der Waals surface area contributed by atoms with Crippen LogP contribution in [0.2, 0.25) is 0 Å².